The maximum atomic E-state index is 14.7. The fourth-order valence-corrected chi connectivity index (χ4v) is 6.48. The lowest BCUT2D eigenvalue weighted by Gasteiger charge is -2.37. The Hall–Kier alpha value is -2.87. The first-order chi connectivity index (χ1) is 21.7. The largest absolute Gasteiger partial charge is 0.444 e. The Bertz CT molecular complexity index is 1470. The number of aliphatic imine (C=N–C) groups is 1. The van der Waals surface area contributed by atoms with E-state index in [0.29, 0.717) is 56.3 Å². The van der Waals surface area contributed by atoms with Gasteiger partial charge in [0.2, 0.25) is 0 Å². The Labute approximate surface area is 277 Å². The number of alkyl halides is 3. The van der Waals surface area contributed by atoms with E-state index in [1.54, 1.807) is 45.7 Å². The lowest BCUT2D eigenvalue weighted by atomic mass is 9.95. The molecule has 0 bridgehead atoms. The molecule has 2 aliphatic rings. The number of hydrogen-bond acceptors (Lipinski definition) is 7. The van der Waals surface area contributed by atoms with Crippen molar-refractivity contribution in [1.29, 1.82) is 0 Å². The summed E-state index contributed by atoms with van der Waals surface area (Å²) in [5, 5.41) is 12.4. The third-order valence-electron chi connectivity index (χ3n) is 8.12. The molecule has 2 aromatic rings. The summed E-state index contributed by atoms with van der Waals surface area (Å²) in [4.78, 5) is 18.7. The van der Waals surface area contributed by atoms with Gasteiger partial charge in [-0.2, -0.15) is 13.2 Å². The van der Waals surface area contributed by atoms with Crippen molar-refractivity contribution in [3.63, 3.8) is 0 Å². The van der Waals surface area contributed by atoms with E-state index in [-0.39, 0.29) is 25.2 Å². The second kappa shape index (κ2) is 14.3. The predicted molar refractivity (Wildman–Crippen MR) is 182 cm³/mol. The molecule has 4 rings (SSSR count). The summed E-state index contributed by atoms with van der Waals surface area (Å²) in [6, 6.07) is 6.33. The number of fused-ring (bicyclic) bond motifs is 1. The summed E-state index contributed by atoms with van der Waals surface area (Å²) in [6.45, 7) is 17.3. The number of halogens is 3. The number of hydrogen-bond donors (Lipinski definition) is 2. The van der Waals surface area contributed by atoms with Crippen molar-refractivity contribution in [2.45, 2.75) is 116 Å². The zero-order valence-electron chi connectivity index (χ0n) is 29.1. The standard InChI is InChI=1S/C34H52F3N5O4Si/c1-32(2,3)46-31(43)40-16-10-12-25(19-40)39-42-21-28(34(35,36)37)29(38-22-42)27-20-41(23-45-17-18-47(6,7)8)30-24(11-9-13-26(27)30)14-15-33(4,5)44/h9,11,13,20-21,25,39,44H,10,12,14-19,22-23H2,1-8H3/t25-/m0/s1. The third kappa shape index (κ3) is 10.6. The van der Waals surface area contributed by atoms with Crippen LogP contribution < -0.4 is 5.43 Å². The number of aromatic nitrogens is 1. The SMILES string of the molecule is CC(C)(O)CCc1cccc2c(C3=NCN(N[C@H]4CCCN(C(=O)OC(C)(C)C)C4)C=C3C(F)(F)F)cn(COCC[Si](C)(C)C)c12. The van der Waals surface area contributed by atoms with E-state index in [2.05, 4.69) is 30.1 Å². The van der Waals surface area contributed by atoms with E-state index in [0.717, 1.165) is 23.3 Å². The highest BCUT2D eigenvalue weighted by molar-refractivity contribution is 6.76. The van der Waals surface area contributed by atoms with Gasteiger partial charge in [0.25, 0.3) is 0 Å². The van der Waals surface area contributed by atoms with Gasteiger partial charge in [0, 0.05) is 57.2 Å². The molecule has 0 aliphatic carbocycles. The number of aryl methyl sites for hydroxylation is 1. The molecule has 0 spiro atoms. The summed E-state index contributed by atoms with van der Waals surface area (Å²) < 4.78 is 57.6. The van der Waals surface area contributed by atoms with Crippen LogP contribution >= 0.6 is 0 Å². The molecule has 2 N–H and O–H groups in total. The van der Waals surface area contributed by atoms with Gasteiger partial charge < -0.3 is 24.0 Å². The van der Waals surface area contributed by atoms with Crippen LogP contribution in [-0.2, 0) is 22.6 Å². The molecule has 47 heavy (non-hydrogen) atoms. The maximum Gasteiger partial charge on any atom is 0.419 e. The molecule has 1 aromatic heterocycles. The van der Waals surface area contributed by atoms with Crippen LogP contribution in [0.25, 0.3) is 10.9 Å². The van der Waals surface area contributed by atoms with E-state index in [1.165, 1.54) is 5.01 Å². The fourth-order valence-electron chi connectivity index (χ4n) is 5.73. The van der Waals surface area contributed by atoms with Crippen molar-refractivity contribution in [1.82, 2.24) is 19.9 Å². The lowest BCUT2D eigenvalue weighted by molar-refractivity contribution is -0.0879. The zero-order valence-corrected chi connectivity index (χ0v) is 30.1. The van der Waals surface area contributed by atoms with Gasteiger partial charge in [0.1, 0.15) is 19.0 Å². The van der Waals surface area contributed by atoms with Gasteiger partial charge in [-0.25, -0.2) is 10.2 Å². The van der Waals surface area contributed by atoms with E-state index in [1.807, 2.05) is 22.8 Å². The Morgan fingerprint density at radius 2 is 1.87 bits per heavy atom. The molecular formula is C34H52F3N5O4Si. The number of hydrazine groups is 1. The van der Waals surface area contributed by atoms with E-state index >= 15 is 0 Å². The predicted octanol–water partition coefficient (Wildman–Crippen LogP) is 7.07. The average Bonchev–Trinajstić information content (AvgIpc) is 3.31. The quantitative estimate of drug-likeness (QED) is 0.195. The van der Waals surface area contributed by atoms with Crippen molar-refractivity contribution in [2.24, 2.45) is 4.99 Å². The molecule has 0 radical (unpaired) electrons. The lowest BCUT2D eigenvalue weighted by Crippen LogP contribution is -2.53. The van der Waals surface area contributed by atoms with Crippen LogP contribution in [0.15, 0.2) is 41.2 Å². The van der Waals surface area contributed by atoms with Gasteiger partial charge in [0.15, 0.2) is 0 Å². The van der Waals surface area contributed by atoms with Gasteiger partial charge in [0.05, 0.1) is 22.4 Å². The van der Waals surface area contributed by atoms with Crippen molar-refractivity contribution in [3.05, 3.63) is 47.3 Å². The number of aliphatic hydroxyl groups is 1. The zero-order chi connectivity index (χ0) is 34.8. The second-order valence-corrected chi connectivity index (χ2v) is 21.2. The van der Waals surface area contributed by atoms with E-state index in [4.69, 9.17) is 9.47 Å². The van der Waals surface area contributed by atoms with E-state index in [9.17, 15) is 23.1 Å². The summed E-state index contributed by atoms with van der Waals surface area (Å²) in [7, 11) is -1.34. The number of amides is 1. The highest BCUT2D eigenvalue weighted by Crippen LogP contribution is 2.35. The number of likely N-dealkylation sites (tertiary alicyclic amines) is 1. The molecule has 1 fully saturated rings. The number of carbonyl (C=O) groups excluding carboxylic acids is 1. The topological polar surface area (TPSA) is 91.6 Å². The number of carbonyl (C=O) groups is 1. The number of rotatable bonds is 11. The van der Waals surface area contributed by atoms with Crippen molar-refractivity contribution in [2.75, 3.05) is 26.4 Å². The molecule has 1 aromatic carbocycles. The van der Waals surface area contributed by atoms with Crippen LogP contribution in [-0.4, -0.2) is 89.2 Å². The van der Waals surface area contributed by atoms with Crippen LogP contribution in [0.3, 0.4) is 0 Å². The molecule has 262 valence electrons. The number of nitrogens with one attached hydrogen (secondary N) is 1. The fraction of sp³-hybridized carbons (Fsp3) is 0.647. The number of benzene rings is 1. The molecule has 1 saturated heterocycles. The van der Waals surface area contributed by atoms with Crippen LogP contribution in [0.4, 0.5) is 18.0 Å². The van der Waals surface area contributed by atoms with Crippen molar-refractivity contribution < 1.29 is 32.5 Å². The number of nitrogens with zero attached hydrogens (tertiary/aromatic N) is 4. The van der Waals surface area contributed by atoms with E-state index < -0.39 is 37.1 Å². The molecule has 0 unspecified atom stereocenters. The minimum atomic E-state index is -4.67. The van der Waals surface area contributed by atoms with Crippen LogP contribution in [0, 0.1) is 0 Å². The highest BCUT2D eigenvalue weighted by Gasteiger charge is 2.41. The smallest absolute Gasteiger partial charge is 0.419 e. The third-order valence-corrected chi connectivity index (χ3v) is 9.82. The first-order valence-electron chi connectivity index (χ1n) is 16.5. The molecular weight excluding hydrogens is 627 g/mol. The molecule has 13 heteroatoms. The highest BCUT2D eigenvalue weighted by atomic mass is 28.3. The normalized spacial score (nSPS) is 18.4. The number of ether oxygens (including phenoxy) is 2. The van der Waals surface area contributed by atoms with Gasteiger partial charge in [-0.1, -0.05) is 37.8 Å². The average molecular weight is 680 g/mol. The molecule has 1 atom stereocenters. The van der Waals surface area contributed by atoms with Crippen molar-refractivity contribution in [3.8, 4) is 0 Å². The summed E-state index contributed by atoms with van der Waals surface area (Å²) >= 11 is 0. The Morgan fingerprint density at radius 3 is 2.51 bits per heavy atom. The van der Waals surface area contributed by atoms with Gasteiger partial charge in [-0.15, -0.1) is 0 Å². The number of piperidine rings is 1. The van der Waals surface area contributed by atoms with Gasteiger partial charge >= 0.3 is 12.3 Å². The molecule has 0 saturated carbocycles. The first-order valence-corrected chi connectivity index (χ1v) is 20.2. The molecule has 1 amide bonds. The second-order valence-electron chi connectivity index (χ2n) is 15.5. The van der Waals surface area contributed by atoms with Crippen LogP contribution in [0.1, 0.15) is 65.0 Å². The summed E-state index contributed by atoms with van der Waals surface area (Å²) in [6.07, 6.45) is 0.129. The minimum Gasteiger partial charge on any atom is -0.444 e. The molecule has 3 heterocycles. The minimum absolute atomic E-state index is 0.0321. The Kier molecular flexibility index (Phi) is 11.3. The van der Waals surface area contributed by atoms with Crippen molar-refractivity contribution >= 4 is 30.8 Å². The summed E-state index contributed by atoms with van der Waals surface area (Å²) in [5.41, 5.74) is 2.75. The molecule has 2 aliphatic heterocycles. The first kappa shape index (κ1) is 37.0. The number of para-hydroxylation sites is 1. The monoisotopic (exact) mass is 679 g/mol. The maximum absolute atomic E-state index is 14.7. The van der Waals surface area contributed by atoms with Crippen LogP contribution in [0.5, 0.6) is 0 Å². The Balaban J connectivity index is 1.62. The number of allylic oxidation sites excluding steroid dienone is 1. The summed E-state index contributed by atoms with van der Waals surface area (Å²) in [5.74, 6) is 0. The van der Waals surface area contributed by atoms with Crippen LogP contribution in [0.2, 0.25) is 25.7 Å². The molecule has 9 nitrogen and oxygen atoms in total. The van der Waals surface area contributed by atoms with Gasteiger partial charge in [-0.05, 0) is 71.9 Å². The Morgan fingerprint density at radius 1 is 1.15 bits per heavy atom. The van der Waals surface area contributed by atoms with Gasteiger partial charge in [-0.3, -0.25) is 10.0 Å².